The highest BCUT2D eigenvalue weighted by molar-refractivity contribution is 5.66. The van der Waals surface area contributed by atoms with Crippen molar-refractivity contribution in [1.82, 2.24) is 10.3 Å². The fourth-order valence-electron chi connectivity index (χ4n) is 6.19. The third-order valence-corrected chi connectivity index (χ3v) is 8.87. The molecular formula is C38H66N3O2+. The van der Waals surface area contributed by atoms with Gasteiger partial charge in [0.1, 0.15) is 6.54 Å². The van der Waals surface area contributed by atoms with Crippen LogP contribution in [0.5, 0.6) is 0 Å². The highest BCUT2D eigenvalue weighted by atomic mass is 16.4. The Morgan fingerprint density at radius 2 is 1.28 bits per heavy atom. The Hall–Kier alpha value is -1.98. The number of pyridine rings is 1. The molecule has 3 N–H and O–H groups in total. The van der Waals surface area contributed by atoms with Crippen LogP contribution in [0.2, 0.25) is 0 Å². The Bertz CT molecular complexity index is 839. The van der Waals surface area contributed by atoms with Crippen LogP contribution < -0.4 is 10.2 Å². The van der Waals surface area contributed by atoms with Crippen LogP contribution in [0.3, 0.4) is 0 Å². The molecule has 1 aromatic heterocycles. The van der Waals surface area contributed by atoms with Crippen molar-refractivity contribution in [1.29, 1.82) is 0 Å². The molecule has 0 fully saturated rings. The molecule has 1 aromatic rings. The molecule has 5 heteroatoms. The number of aryl methyl sites for hydroxylation is 1. The Morgan fingerprint density at radius 1 is 0.721 bits per heavy atom. The van der Waals surface area contributed by atoms with Crippen molar-refractivity contribution in [2.45, 2.75) is 154 Å². The van der Waals surface area contributed by atoms with Crippen molar-refractivity contribution in [3.63, 3.8) is 0 Å². The molecule has 1 aliphatic heterocycles. The minimum atomic E-state index is -0.716. The van der Waals surface area contributed by atoms with Crippen LogP contribution in [0.1, 0.15) is 153 Å². The first-order valence-electron chi connectivity index (χ1n) is 18.3. The van der Waals surface area contributed by atoms with Crippen LogP contribution in [0.4, 0.5) is 0 Å². The van der Waals surface area contributed by atoms with Gasteiger partial charge < -0.3 is 15.3 Å². The lowest BCUT2D eigenvalue weighted by atomic mass is 10.0. The summed E-state index contributed by atoms with van der Waals surface area (Å²) < 4.78 is 0. The second kappa shape index (κ2) is 27.6. The van der Waals surface area contributed by atoms with Gasteiger partial charge in [-0.25, -0.2) is 0 Å². The number of aromatic nitrogens is 1. The van der Waals surface area contributed by atoms with Crippen molar-refractivity contribution in [3.05, 3.63) is 54.0 Å². The van der Waals surface area contributed by atoms with Crippen LogP contribution in [0.25, 0.3) is 0 Å². The highest BCUT2D eigenvalue weighted by Crippen LogP contribution is 2.15. The topological polar surface area (TPSA) is 66.7 Å². The van der Waals surface area contributed by atoms with E-state index < -0.39 is 5.97 Å². The number of nitrogens with one attached hydrogen (secondary N) is 2. The number of aliphatic carboxylic acids is 1. The quantitative estimate of drug-likeness (QED) is 0.0778. The zero-order chi connectivity index (χ0) is 30.5. The lowest BCUT2D eigenvalue weighted by Gasteiger charge is -2.18. The van der Waals surface area contributed by atoms with E-state index >= 15 is 0 Å². The highest BCUT2D eigenvalue weighted by Gasteiger charge is 2.10. The van der Waals surface area contributed by atoms with E-state index in [2.05, 4.69) is 34.7 Å². The van der Waals surface area contributed by atoms with Crippen LogP contribution in [0.15, 0.2) is 48.5 Å². The Labute approximate surface area is 265 Å². The van der Waals surface area contributed by atoms with Crippen molar-refractivity contribution in [2.24, 2.45) is 0 Å². The van der Waals surface area contributed by atoms with Crippen molar-refractivity contribution in [2.75, 3.05) is 26.2 Å². The molecule has 1 unspecified atom stereocenters. The maximum absolute atomic E-state index is 10.5. The molecule has 0 radical (unpaired) electrons. The summed E-state index contributed by atoms with van der Waals surface area (Å²) in [6.07, 6.45) is 42.5. The fourth-order valence-corrected chi connectivity index (χ4v) is 6.19. The molecule has 0 saturated heterocycles. The Balaban J connectivity index is 1.30. The van der Waals surface area contributed by atoms with Gasteiger partial charge in [0.2, 0.25) is 0 Å². The van der Waals surface area contributed by atoms with Gasteiger partial charge in [-0.2, -0.15) is 0 Å². The summed E-state index contributed by atoms with van der Waals surface area (Å²) in [5.41, 5.74) is 2.95. The number of carboxylic acid groups (broad SMARTS) is 1. The molecule has 5 nitrogen and oxygen atoms in total. The van der Waals surface area contributed by atoms with Crippen molar-refractivity contribution < 1.29 is 14.8 Å². The predicted octanol–water partition coefficient (Wildman–Crippen LogP) is 8.61. The normalized spacial score (nSPS) is 14.7. The molecule has 2 heterocycles. The molecular weight excluding hydrogens is 530 g/mol. The SMILES string of the molecule is O=C(O)CCNCCCCCCCCCCCCCC1=C[NH+](CCCCCCCCCCCCc2cccnc2)CC=C1. The van der Waals surface area contributed by atoms with Gasteiger partial charge in [0, 0.05) is 24.5 Å². The monoisotopic (exact) mass is 597 g/mol. The van der Waals surface area contributed by atoms with Crippen molar-refractivity contribution >= 4 is 5.97 Å². The van der Waals surface area contributed by atoms with Crippen LogP contribution >= 0.6 is 0 Å². The molecule has 0 aromatic carbocycles. The van der Waals surface area contributed by atoms with Gasteiger partial charge in [-0.3, -0.25) is 9.78 Å². The summed E-state index contributed by atoms with van der Waals surface area (Å²) in [6.45, 7) is 4.03. The molecule has 0 bridgehead atoms. The molecule has 2 rings (SSSR count). The number of carbonyl (C=O) groups is 1. The smallest absolute Gasteiger partial charge is 0.304 e. The minimum Gasteiger partial charge on any atom is -0.481 e. The largest absolute Gasteiger partial charge is 0.481 e. The van der Waals surface area contributed by atoms with Gasteiger partial charge in [0.25, 0.3) is 0 Å². The molecule has 1 aliphatic rings. The fraction of sp³-hybridized carbons (Fsp3) is 0.737. The second-order valence-corrected chi connectivity index (χ2v) is 12.9. The van der Waals surface area contributed by atoms with Gasteiger partial charge in [-0.15, -0.1) is 0 Å². The number of nitrogens with zero attached hydrogens (tertiary/aromatic N) is 1. The van der Waals surface area contributed by atoms with Gasteiger partial charge in [0.05, 0.1) is 19.2 Å². The average molecular weight is 597 g/mol. The summed E-state index contributed by atoms with van der Waals surface area (Å²) >= 11 is 0. The molecule has 0 saturated carbocycles. The summed E-state index contributed by atoms with van der Waals surface area (Å²) in [6, 6.07) is 4.24. The van der Waals surface area contributed by atoms with E-state index in [0.29, 0.717) is 6.54 Å². The summed E-state index contributed by atoms with van der Waals surface area (Å²) in [7, 11) is 0. The zero-order valence-electron chi connectivity index (χ0n) is 27.6. The van der Waals surface area contributed by atoms with E-state index in [4.69, 9.17) is 5.11 Å². The van der Waals surface area contributed by atoms with Crippen LogP contribution in [-0.2, 0) is 11.2 Å². The lowest BCUT2D eigenvalue weighted by molar-refractivity contribution is -0.841. The lowest BCUT2D eigenvalue weighted by Crippen LogP contribution is -3.07. The maximum atomic E-state index is 10.5. The zero-order valence-corrected chi connectivity index (χ0v) is 27.6. The number of quaternary nitrogens is 1. The van der Waals surface area contributed by atoms with E-state index in [1.165, 1.54) is 166 Å². The number of hydrogen-bond acceptors (Lipinski definition) is 3. The van der Waals surface area contributed by atoms with Crippen molar-refractivity contribution in [3.8, 4) is 0 Å². The first-order valence-corrected chi connectivity index (χ1v) is 18.3. The van der Waals surface area contributed by atoms with E-state index in [9.17, 15) is 4.79 Å². The van der Waals surface area contributed by atoms with E-state index in [1.807, 2.05) is 18.5 Å². The van der Waals surface area contributed by atoms with Crippen LogP contribution in [-0.4, -0.2) is 42.2 Å². The minimum absolute atomic E-state index is 0.227. The van der Waals surface area contributed by atoms with Gasteiger partial charge in [-0.05, 0) is 69.2 Å². The number of allylic oxidation sites excluding steroid dienone is 2. The first-order chi connectivity index (χ1) is 21.2. The summed E-state index contributed by atoms with van der Waals surface area (Å²) in [5.74, 6) is -0.716. The third-order valence-electron chi connectivity index (χ3n) is 8.87. The number of carboxylic acids is 1. The second-order valence-electron chi connectivity index (χ2n) is 12.9. The number of rotatable bonds is 30. The Morgan fingerprint density at radius 3 is 1.86 bits per heavy atom. The molecule has 0 amide bonds. The summed E-state index contributed by atoms with van der Waals surface area (Å²) in [4.78, 5) is 16.3. The standard InChI is InChI=1S/C38H65N3O2/c42-38(43)28-31-39-29-20-16-12-8-4-1-2-7-11-15-19-25-37-27-23-33-41(35-37)32-21-17-13-9-5-3-6-10-14-18-24-36-26-22-30-40-34-36/h22-23,26-27,30,34-35,39H,1-21,24-25,28-29,31-33H2,(H,42,43)/p+1. The maximum Gasteiger partial charge on any atom is 0.304 e. The summed E-state index contributed by atoms with van der Waals surface area (Å²) in [5, 5.41) is 11.8. The van der Waals surface area contributed by atoms with Gasteiger partial charge in [0.15, 0.2) is 0 Å². The molecule has 1 atom stereocenters. The predicted molar refractivity (Wildman–Crippen MR) is 183 cm³/mol. The first kappa shape index (κ1) is 37.2. The van der Waals surface area contributed by atoms with E-state index in [0.717, 1.165) is 6.54 Å². The third kappa shape index (κ3) is 23.1. The molecule has 244 valence electrons. The molecule has 43 heavy (non-hydrogen) atoms. The Kier molecular flexibility index (Phi) is 23.8. The molecule has 0 aliphatic carbocycles. The number of unbranched alkanes of at least 4 members (excludes halogenated alkanes) is 19. The van der Waals surface area contributed by atoms with Gasteiger partial charge in [-0.1, -0.05) is 115 Å². The van der Waals surface area contributed by atoms with E-state index in [1.54, 1.807) is 10.5 Å². The number of hydrogen-bond donors (Lipinski definition) is 3. The van der Waals surface area contributed by atoms with Crippen LogP contribution in [0, 0.1) is 0 Å². The average Bonchev–Trinajstić information content (AvgIpc) is 3.02. The van der Waals surface area contributed by atoms with Gasteiger partial charge >= 0.3 is 5.97 Å². The molecule has 0 spiro atoms. The van der Waals surface area contributed by atoms with E-state index in [-0.39, 0.29) is 6.42 Å².